The highest BCUT2D eigenvalue weighted by Crippen LogP contribution is 2.28. The molecule has 0 spiro atoms. The number of carbonyl (C=O) groups excluding carboxylic acids is 1. The number of nitrogens with one attached hydrogen (secondary N) is 1. The average molecular weight is 305 g/mol. The summed E-state index contributed by atoms with van der Waals surface area (Å²) in [5, 5.41) is 11.5. The quantitative estimate of drug-likeness (QED) is 0.756. The maximum Gasteiger partial charge on any atom is 0.326 e. The van der Waals surface area contributed by atoms with E-state index in [1.54, 1.807) is 0 Å². The third-order valence-electron chi connectivity index (χ3n) is 3.78. The van der Waals surface area contributed by atoms with E-state index in [0.29, 0.717) is 5.92 Å². The van der Waals surface area contributed by atoms with Crippen LogP contribution in [0.3, 0.4) is 0 Å². The van der Waals surface area contributed by atoms with Crippen LogP contribution in [0.2, 0.25) is 0 Å². The summed E-state index contributed by atoms with van der Waals surface area (Å²) in [4.78, 5) is 23.1. The molecule has 0 bridgehead atoms. The van der Waals surface area contributed by atoms with Crippen molar-refractivity contribution in [1.82, 2.24) is 5.32 Å². The number of rotatable bonds is 6. The largest absolute Gasteiger partial charge is 0.480 e. The Kier molecular flexibility index (Phi) is 5.98. The predicted octanol–water partition coefficient (Wildman–Crippen LogP) is 0.817. The summed E-state index contributed by atoms with van der Waals surface area (Å²) in [6.45, 7) is 2.14. The molecule has 1 unspecified atom stereocenters. The maximum atomic E-state index is 12.0. The van der Waals surface area contributed by atoms with Gasteiger partial charge in [-0.25, -0.2) is 13.2 Å². The number of hydrogen-bond acceptors (Lipinski definition) is 4. The number of carbonyl (C=O) groups is 2. The van der Waals surface area contributed by atoms with Gasteiger partial charge in [0, 0.05) is 12.2 Å². The number of carboxylic acid groups (broad SMARTS) is 1. The second-order valence-corrected chi connectivity index (χ2v) is 8.03. The highest BCUT2D eigenvalue weighted by molar-refractivity contribution is 7.90. The molecule has 0 aromatic rings. The van der Waals surface area contributed by atoms with Crippen LogP contribution in [0.15, 0.2) is 0 Å². The van der Waals surface area contributed by atoms with Crippen molar-refractivity contribution in [3.8, 4) is 0 Å². The zero-order valence-corrected chi connectivity index (χ0v) is 12.8. The van der Waals surface area contributed by atoms with Crippen LogP contribution < -0.4 is 5.32 Å². The van der Waals surface area contributed by atoms with Crippen LogP contribution >= 0.6 is 0 Å². The summed E-state index contributed by atoms with van der Waals surface area (Å²) in [5.41, 5.74) is 0. The number of carboxylic acids is 1. The number of aliphatic carboxylic acids is 1. The van der Waals surface area contributed by atoms with E-state index >= 15 is 0 Å². The molecule has 116 valence electrons. The molecule has 1 aliphatic carbocycles. The Morgan fingerprint density at radius 1 is 1.25 bits per heavy atom. The molecule has 0 heterocycles. The lowest BCUT2D eigenvalue weighted by Crippen LogP contribution is -2.45. The fourth-order valence-electron chi connectivity index (χ4n) is 2.40. The van der Waals surface area contributed by atoms with Crippen LogP contribution in [0, 0.1) is 11.8 Å². The minimum atomic E-state index is -3.24. The van der Waals surface area contributed by atoms with Crippen molar-refractivity contribution < 1.29 is 23.1 Å². The molecule has 6 nitrogen and oxygen atoms in total. The molecule has 1 rings (SSSR count). The molecule has 0 aliphatic heterocycles. The normalized spacial score (nSPS) is 24.9. The van der Waals surface area contributed by atoms with Gasteiger partial charge in [-0.2, -0.15) is 0 Å². The van der Waals surface area contributed by atoms with Gasteiger partial charge in [0.2, 0.25) is 5.91 Å². The van der Waals surface area contributed by atoms with Gasteiger partial charge in [-0.15, -0.1) is 0 Å². The van der Waals surface area contributed by atoms with Crippen molar-refractivity contribution in [2.24, 2.45) is 11.8 Å². The molecular formula is C13H23NO5S. The highest BCUT2D eigenvalue weighted by Gasteiger charge is 2.28. The zero-order chi connectivity index (χ0) is 15.3. The van der Waals surface area contributed by atoms with Crippen LogP contribution in [-0.4, -0.2) is 43.5 Å². The van der Waals surface area contributed by atoms with E-state index in [-0.39, 0.29) is 24.0 Å². The topological polar surface area (TPSA) is 101 Å². The van der Waals surface area contributed by atoms with Crippen LogP contribution in [0.1, 0.15) is 39.0 Å². The molecule has 7 heteroatoms. The molecule has 1 saturated carbocycles. The molecule has 1 amide bonds. The first-order valence-corrected chi connectivity index (χ1v) is 8.96. The summed E-state index contributed by atoms with van der Waals surface area (Å²) in [7, 11) is -3.24. The van der Waals surface area contributed by atoms with Gasteiger partial charge in [-0.3, -0.25) is 4.79 Å². The molecule has 0 aromatic carbocycles. The molecule has 2 N–H and O–H groups in total. The molecule has 0 radical (unpaired) electrons. The summed E-state index contributed by atoms with van der Waals surface area (Å²) in [6.07, 6.45) is 4.44. The molecule has 1 atom stereocenters. The molecule has 0 aromatic heterocycles. The van der Waals surface area contributed by atoms with Gasteiger partial charge in [0.25, 0.3) is 0 Å². The third-order valence-corrected chi connectivity index (χ3v) is 4.76. The monoisotopic (exact) mass is 305 g/mol. The Labute approximate surface area is 119 Å². The summed E-state index contributed by atoms with van der Waals surface area (Å²) in [5.74, 6) is -1.24. The van der Waals surface area contributed by atoms with E-state index in [1.807, 2.05) is 0 Å². The number of hydrogen-bond donors (Lipinski definition) is 2. The lowest BCUT2D eigenvalue weighted by molar-refractivity contribution is -0.142. The van der Waals surface area contributed by atoms with Gasteiger partial charge >= 0.3 is 5.97 Å². The maximum absolute atomic E-state index is 12.0. The van der Waals surface area contributed by atoms with Gasteiger partial charge in [0.05, 0.1) is 5.75 Å². The van der Waals surface area contributed by atoms with Crippen molar-refractivity contribution in [1.29, 1.82) is 0 Å². The summed E-state index contributed by atoms with van der Waals surface area (Å²) < 4.78 is 22.2. The van der Waals surface area contributed by atoms with E-state index in [2.05, 4.69) is 12.2 Å². The van der Waals surface area contributed by atoms with E-state index in [1.165, 1.54) is 0 Å². The summed E-state index contributed by atoms with van der Waals surface area (Å²) in [6, 6.07) is -1.13. The van der Waals surface area contributed by atoms with Gasteiger partial charge < -0.3 is 10.4 Å². The first-order chi connectivity index (χ1) is 9.19. The Morgan fingerprint density at radius 3 is 2.25 bits per heavy atom. The van der Waals surface area contributed by atoms with E-state index < -0.39 is 21.8 Å². The van der Waals surface area contributed by atoms with Gasteiger partial charge in [-0.1, -0.05) is 6.92 Å². The van der Waals surface area contributed by atoms with Gasteiger partial charge in [0.15, 0.2) is 0 Å². The lowest BCUT2D eigenvalue weighted by atomic mass is 9.82. The fraction of sp³-hybridized carbons (Fsp3) is 0.846. The van der Waals surface area contributed by atoms with Crippen molar-refractivity contribution >= 4 is 21.7 Å². The molecule has 1 aliphatic rings. The number of sulfone groups is 1. The Morgan fingerprint density at radius 2 is 1.80 bits per heavy atom. The van der Waals surface area contributed by atoms with Crippen LogP contribution in [0.4, 0.5) is 0 Å². The molecule has 20 heavy (non-hydrogen) atoms. The van der Waals surface area contributed by atoms with Crippen molar-refractivity contribution in [2.75, 3.05) is 12.0 Å². The second-order valence-electron chi connectivity index (χ2n) is 5.77. The van der Waals surface area contributed by atoms with Crippen molar-refractivity contribution in [3.05, 3.63) is 0 Å². The predicted molar refractivity (Wildman–Crippen MR) is 75.0 cm³/mol. The number of amides is 1. The first kappa shape index (κ1) is 16.9. The van der Waals surface area contributed by atoms with Gasteiger partial charge in [0.1, 0.15) is 15.9 Å². The summed E-state index contributed by atoms with van der Waals surface area (Å²) >= 11 is 0. The first-order valence-electron chi connectivity index (χ1n) is 6.90. The molecule has 0 saturated heterocycles. The van der Waals surface area contributed by atoms with E-state index in [9.17, 15) is 18.0 Å². The third kappa shape index (κ3) is 5.90. The fourth-order valence-corrected chi connectivity index (χ4v) is 3.07. The van der Waals surface area contributed by atoms with E-state index in [0.717, 1.165) is 31.9 Å². The minimum Gasteiger partial charge on any atom is -0.480 e. The molecular weight excluding hydrogens is 282 g/mol. The van der Waals surface area contributed by atoms with Crippen LogP contribution in [-0.2, 0) is 19.4 Å². The van der Waals surface area contributed by atoms with Crippen molar-refractivity contribution in [3.63, 3.8) is 0 Å². The SMILES string of the molecule is CC1CCC(C(=O)NC(CCS(C)(=O)=O)C(=O)O)CC1. The van der Waals surface area contributed by atoms with Crippen LogP contribution in [0.25, 0.3) is 0 Å². The van der Waals surface area contributed by atoms with Crippen LogP contribution in [0.5, 0.6) is 0 Å². The highest BCUT2D eigenvalue weighted by atomic mass is 32.2. The Hall–Kier alpha value is -1.11. The smallest absolute Gasteiger partial charge is 0.326 e. The zero-order valence-electron chi connectivity index (χ0n) is 12.0. The standard InChI is InChI=1S/C13H23NO5S/c1-9-3-5-10(6-4-9)12(15)14-11(13(16)17)7-8-20(2,18)19/h9-11H,3-8H2,1-2H3,(H,14,15)(H,16,17). The van der Waals surface area contributed by atoms with E-state index in [4.69, 9.17) is 5.11 Å². The Bertz CT molecular complexity index is 451. The average Bonchev–Trinajstić information content (AvgIpc) is 2.33. The van der Waals surface area contributed by atoms with Gasteiger partial charge in [-0.05, 0) is 38.0 Å². The molecule has 1 fully saturated rings. The van der Waals surface area contributed by atoms with Crippen molar-refractivity contribution in [2.45, 2.75) is 45.1 Å². The second kappa shape index (κ2) is 7.06. The lowest BCUT2D eigenvalue weighted by Gasteiger charge is -2.26. The Balaban J connectivity index is 2.52. The minimum absolute atomic E-state index is 0.0942.